The molecule has 1 nitrogen and oxygen atoms in total. The SMILES string of the molecule is CCCN(C1CCCCCCCCCCC1)C1CCCCCCCCCCC1. The second kappa shape index (κ2) is 16.7. The summed E-state index contributed by atoms with van der Waals surface area (Å²) >= 11 is 0. The molecule has 0 aromatic carbocycles. The average Bonchev–Trinajstić information content (AvgIpc) is 2.68. The van der Waals surface area contributed by atoms with Crippen molar-refractivity contribution in [3.05, 3.63) is 0 Å². The van der Waals surface area contributed by atoms with E-state index in [-0.39, 0.29) is 0 Å². The minimum Gasteiger partial charge on any atom is -0.297 e. The molecule has 0 heterocycles. The van der Waals surface area contributed by atoms with Gasteiger partial charge in [0.25, 0.3) is 0 Å². The van der Waals surface area contributed by atoms with E-state index in [0.29, 0.717) is 0 Å². The van der Waals surface area contributed by atoms with Crippen LogP contribution in [0.1, 0.15) is 155 Å². The van der Waals surface area contributed by atoms with Crippen LogP contribution in [0.4, 0.5) is 0 Å². The van der Waals surface area contributed by atoms with Gasteiger partial charge < -0.3 is 0 Å². The first-order chi connectivity index (χ1) is 13.9. The highest BCUT2D eigenvalue weighted by molar-refractivity contribution is 4.80. The molecular formula is C27H53N. The molecule has 0 aromatic heterocycles. The lowest BCUT2D eigenvalue weighted by atomic mass is 9.92. The molecule has 0 radical (unpaired) electrons. The lowest BCUT2D eigenvalue weighted by Crippen LogP contribution is -2.44. The van der Waals surface area contributed by atoms with Crippen molar-refractivity contribution in [3.8, 4) is 0 Å². The van der Waals surface area contributed by atoms with Gasteiger partial charge in [0.15, 0.2) is 0 Å². The second-order valence-corrected chi connectivity index (χ2v) is 10.1. The molecule has 0 unspecified atom stereocenters. The molecule has 2 aliphatic rings. The maximum atomic E-state index is 3.05. The Hall–Kier alpha value is -0.0400. The molecule has 0 aromatic rings. The van der Waals surface area contributed by atoms with Gasteiger partial charge in [-0.2, -0.15) is 0 Å². The molecule has 28 heavy (non-hydrogen) atoms. The molecular weight excluding hydrogens is 338 g/mol. The van der Waals surface area contributed by atoms with E-state index in [1.807, 2.05) is 0 Å². The molecule has 2 aliphatic carbocycles. The fraction of sp³-hybridized carbons (Fsp3) is 1.00. The summed E-state index contributed by atoms with van der Waals surface area (Å²) in [7, 11) is 0. The maximum absolute atomic E-state index is 3.05. The number of rotatable bonds is 4. The van der Waals surface area contributed by atoms with Crippen LogP contribution in [-0.4, -0.2) is 23.5 Å². The largest absolute Gasteiger partial charge is 0.297 e. The summed E-state index contributed by atoms with van der Waals surface area (Å²) in [5, 5.41) is 0. The molecule has 0 atom stereocenters. The summed E-state index contributed by atoms with van der Waals surface area (Å²) < 4.78 is 0. The monoisotopic (exact) mass is 391 g/mol. The third kappa shape index (κ3) is 10.7. The Morgan fingerprint density at radius 1 is 0.429 bits per heavy atom. The van der Waals surface area contributed by atoms with E-state index in [4.69, 9.17) is 0 Å². The summed E-state index contributed by atoms with van der Waals surface area (Å²) in [6.07, 6.45) is 34.1. The van der Waals surface area contributed by atoms with Crippen molar-refractivity contribution in [2.75, 3.05) is 6.54 Å². The van der Waals surface area contributed by atoms with Crippen molar-refractivity contribution in [2.24, 2.45) is 0 Å². The average molecular weight is 392 g/mol. The van der Waals surface area contributed by atoms with Crippen LogP contribution in [0, 0.1) is 0 Å². The third-order valence-corrected chi connectivity index (χ3v) is 7.57. The predicted molar refractivity (Wildman–Crippen MR) is 126 cm³/mol. The Labute approximate surface area is 178 Å². The topological polar surface area (TPSA) is 3.24 Å². The zero-order valence-corrected chi connectivity index (χ0v) is 19.6. The van der Waals surface area contributed by atoms with Crippen LogP contribution in [0.3, 0.4) is 0 Å². The molecule has 166 valence electrons. The Morgan fingerprint density at radius 2 is 0.679 bits per heavy atom. The standard InChI is InChI=1S/C27H53N/c1-2-25-28(26-21-17-13-9-5-3-6-10-14-18-22-26)27-23-19-15-11-7-4-8-12-16-20-24-27/h26-27H,2-25H2,1H3. The Morgan fingerprint density at radius 3 is 0.929 bits per heavy atom. The van der Waals surface area contributed by atoms with Gasteiger partial charge in [0, 0.05) is 12.1 Å². The lowest BCUT2D eigenvalue weighted by molar-refractivity contribution is 0.0979. The minimum absolute atomic E-state index is 0.886. The smallest absolute Gasteiger partial charge is 0.00981 e. The van der Waals surface area contributed by atoms with Crippen LogP contribution >= 0.6 is 0 Å². The van der Waals surface area contributed by atoms with Gasteiger partial charge >= 0.3 is 0 Å². The van der Waals surface area contributed by atoms with Crippen LogP contribution in [0.25, 0.3) is 0 Å². The Kier molecular flexibility index (Phi) is 14.5. The van der Waals surface area contributed by atoms with E-state index >= 15 is 0 Å². The molecule has 0 bridgehead atoms. The molecule has 2 rings (SSSR count). The van der Waals surface area contributed by atoms with Crippen molar-refractivity contribution in [1.82, 2.24) is 4.90 Å². The van der Waals surface area contributed by atoms with Gasteiger partial charge in [0.05, 0.1) is 0 Å². The fourth-order valence-electron chi connectivity index (χ4n) is 5.87. The van der Waals surface area contributed by atoms with E-state index in [2.05, 4.69) is 11.8 Å². The van der Waals surface area contributed by atoms with Crippen LogP contribution < -0.4 is 0 Å². The summed E-state index contributed by atoms with van der Waals surface area (Å²) in [5.41, 5.74) is 0. The van der Waals surface area contributed by atoms with E-state index < -0.39 is 0 Å². The predicted octanol–water partition coefficient (Wildman–Crippen LogP) is 9.05. The number of hydrogen-bond donors (Lipinski definition) is 0. The van der Waals surface area contributed by atoms with Crippen molar-refractivity contribution in [2.45, 2.75) is 167 Å². The van der Waals surface area contributed by atoms with E-state index in [1.165, 1.54) is 154 Å². The first kappa shape index (κ1) is 24.2. The summed E-state index contributed by atoms with van der Waals surface area (Å²) in [6.45, 7) is 3.77. The molecule has 2 saturated carbocycles. The Balaban J connectivity index is 1.96. The zero-order valence-electron chi connectivity index (χ0n) is 19.6. The quantitative estimate of drug-likeness (QED) is 0.462. The molecule has 1 heteroatoms. The van der Waals surface area contributed by atoms with Crippen LogP contribution in [0.5, 0.6) is 0 Å². The van der Waals surface area contributed by atoms with Gasteiger partial charge in [0.2, 0.25) is 0 Å². The minimum atomic E-state index is 0.886. The highest BCUT2D eigenvalue weighted by Crippen LogP contribution is 2.27. The van der Waals surface area contributed by atoms with Gasteiger partial charge in [-0.3, -0.25) is 4.90 Å². The van der Waals surface area contributed by atoms with Crippen molar-refractivity contribution in [3.63, 3.8) is 0 Å². The normalized spacial score (nSPS) is 24.6. The maximum Gasteiger partial charge on any atom is 0.00981 e. The number of hydrogen-bond acceptors (Lipinski definition) is 1. The molecule has 0 aliphatic heterocycles. The molecule has 0 spiro atoms. The van der Waals surface area contributed by atoms with Gasteiger partial charge in [-0.25, -0.2) is 0 Å². The lowest BCUT2D eigenvalue weighted by Gasteiger charge is -2.39. The zero-order chi connectivity index (χ0) is 19.7. The van der Waals surface area contributed by atoms with Gasteiger partial charge in [-0.15, -0.1) is 0 Å². The summed E-state index contributed by atoms with van der Waals surface area (Å²) in [4.78, 5) is 3.05. The van der Waals surface area contributed by atoms with Crippen molar-refractivity contribution in [1.29, 1.82) is 0 Å². The summed E-state index contributed by atoms with van der Waals surface area (Å²) in [5.74, 6) is 0. The van der Waals surface area contributed by atoms with Crippen molar-refractivity contribution < 1.29 is 0 Å². The van der Waals surface area contributed by atoms with E-state index in [0.717, 1.165) is 12.1 Å². The van der Waals surface area contributed by atoms with E-state index in [1.54, 1.807) is 0 Å². The van der Waals surface area contributed by atoms with Crippen LogP contribution in [-0.2, 0) is 0 Å². The van der Waals surface area contributed by atoms with E-state index in [9.17, 15) is 0 Å². The Bertz CT molecular complexity index is 285. The van der Waals surface area contributed by atoms with Gasteiger partial charge in [-0.05, 0) is 38.6 Å². The third-order valence-electron chi connectivity index (χ3n) is 7.57. The molecule has 2 fully saturated rings. The highest BCUT2D eigenvalue weighted by atomic mass is 15.2. The number of nitrogens with zero attached hydrogens (tertiary/aromatic N) is 1. The molecule has 0 saturated heterocycles. The molecule has 0 amide bonds. The van der Waals surface area contributed by atoms with Gasteiger partial charge in [-0.1, -0.05) is 122 Å². The van der Waals surface area contributed by atoms with Crippen molar-refractivity contribution >= 4 is 0 Å². The van der Waals surface area contributed by atoms with Crippen LogP contribution in [0.2, 0.25) is 0 Å². The first-order valence-electron chi connectivity index (χ1n) is 13.7. The fourth-order valence-corrected chi connectivity index (χ4v) is 5.87. The highest BCUT2D eigenvalue weighted by Gasteiger charge is 2.25. The van der Waals surface area contributed by atoms with Gasteiger partial charge in [0.1, 0.15) is 0 Å². The second-order valence-electron chi connectivity index (χ2n) is 10.1. The summed E-state index contributed by atoms with van der Waals surface area (Å²) in [6, 6.07) is 1.77. The van der Waals surface area contributed by atoms with Crippen LogP contribution in [0.15, 0.2) is 0 Å². The first-order valence-corrected chi connectivity index (χ1v) is 13.7. The molecule has 0 N–H and O–H groups in total.